The lowest BCUT2D eigenvalue weighted by Crippen LogP contribution is -2.18. The molecule has 2 aromatic carbocycles. The number of ether oxygens (including phenoxy) is 2. The fourth-order valence-corrected chi connectivity index (χ4v) is 1.99. The summed E-state index contributed by atoms with van der Waals surface area (Å²) in [5.41, 5.74) is -0.251. The maximum Gasteiger partial charge on any atom is 0.255 e. The Kier molecular flexibility index (Phi) is 3.43. The van der Waals surface area contributed by atoms with E-state index in [4.69, 9.17) is 9.47 Å². The van der Waals surface area contributed by atoms with E-state index in [9.17, 15) is 13.6 Å². The van der Waals surface area contributed by atoms with Gasteiger partial charge in [0, 0.05) is 5.56 Å². The van der Waals surface area contributed by atoms with E-state index >= 15 is 0 Å². The van der Waals surface area contributed by atoms with E-state index in [2.05, 4.69) is 5.32 Å². The lowest BCUT2D eigenvalue weighted by molar-refractivity contribution is 0.102. The van der Waals surface area contributed by atoms with Gasteiger partial charge in [0.25, 0.3) is 5.91 Å². The van der Waals surface area contributed by atoms with Crippen molar-refractivity contribution in [1.82, 2.24) is 0 Å². The summed E-state index contributed by atoms with van der Waals surface area (Å²) in [4.78, 5) is 12.1. The third-order valence-electron chi connectivity index (χ3n) is 3.01. The van der Waals surface area contributed by atoms with Gasteiger partial charge in [-0.25, -0.2) is 8.78 Å². The van der Waals surface area contributed by atoms with Crippen LogP contribution < -0.4 is 14.8 Å². The van der Waals surface area contributed by atoms with Crippen LogP contribution in [0.3, 0.4) is 0 Å². The first kappa shape index (κ1) is 13.4. The molecule has 0 bridgehead atoms. The van der Waals surface area contributed by atoms with Crippen LogP contribution in [0.1, 0.15) is 10.4 Å². The lowest BCUT2D eigenvalue weighted by Gasteiger charge is -2.18. The average molecular weight is 291 g/mol. The molecule has 0 atom stereocenters. The van der Waals surface area contributed by atoms with Crippen LogP contribution in [0.4, 0.5) is 14.5 Å². The number of rotatable bonds is 2. The summed E-state index contributed by atoms with van der Waals surface area (Å²) in [6.07, 6.45) is 0. The number of anilines is 1. The zero-order valence-electron chi connectivity index (χ0n) is 10.9. The molecule has 1 aliphatic rings. The van der Waals surface area contributed by atoms with Gasteiger partial charge in [-0.3, -0.25) is 4.79 Å². The number of hydrogen-bond acceptors (Lipinski definition) is 3. The minimum Gasteiger partial charge on any atom is -0.486 e. The number of para-hydroxylation sites is 1. The molecule has 1 heterocycles. The summed E-state index contributed by atoms with van der Waals surface area (Å²) < 4.78 is 37.7. The van der Waals surface area contributed by atoms with Gasteiger partial charge in [0.2, 0.25) is 0 Å². The maximum absolute atomic E-state index is 13.5. The monoisotopic (exact) mass is 291 g/mol. The highest BCUT2D eigenvalue weighted by molar-refractivity contribution is 6.04. The summed E-state index contributed by atoms with van der Waals surface area (Å²) in [6, 6.07) is 7.93. The fourth-order valence-electron chi connectivity index (χ4n) is 1.99. The molecular weight excluding hydrogens is 280 g/mol. The molecule has 0 spiro atoms. The summed E-state index contributed by atoms with van der Waals surface area (Å²) in [5, 5.41) is 2.22. The van der Waals surface area contributed by atoms with Gasteiger partial charge < -0.3 is 14.8 Å². The largest absolute Gasteiger partial charge is 0.486 e. The summed E-state index contributed by atoms with van der Waals surface area (Å²) >= 11 is 0. The van der Waals surface area contributed by atoms with Gasteiger partial charge in [-0.15, -0.1) is 0 Å². The third-order valence-corrected chi connectivity index (χ3v) is 3.01. The number of halogens is 2. The van der Waals surface area contributed by atoms with Crippen LogP contribution in [-0.2, 0) is 0 Å². The van der Waals surface area contributed by atoms with Crippen LogP contribution in [0.25, 0.3) is 0 Å². The number of benzene rings is 2. The first-order chi connectivity index (χ1) is 10.1. The van der Waals surface area contributed by atoms with Crippen molar-refractivity contribution >= 4 is 11.6 Å². The molecule has 0 aliphatic carbocycles. The van der Waals surface area contributed by atoms with E-state index < -0.39 is 23.2 Å². The number of nitrogens with one attached hydrogen (secondary N) is 1. The molecule has 3 rings (SSSR count). The van der Waals surface area contributed by atoms with E-state index in [0.717, 1.165) is 12.1 Å². The van der Waals surface area contributed by atoms with Gasteiger partial charge >= 0.3 is 0 Å². The number of fused-ring (bicyclic) bond motifs is 1. The lowest BCUT2D eigenvalue weighted by atomic mass is 10.1. The Bertz CT molecular complexity index is 683. The summed E-state index contributed by atoms with van der Waals surface area (Å²) in [5.74, 6) is -1.32. The number of carbonyl (C=O) groups is 1. The van der Waals surface area contributed by atoms with Crippen molar-refractivity contribution in [2.75, 3.05) is 18.5 Å². The Balaban J connectivity index is 1.86. The molecule has 4 nitrogen and oxygen atoms in total. The Hall–Kier alpha value is -2.63. The number of hydrogen-bond donors (Lipinski definition) is 1. The van der Waals surface area contributed by atoms with Gasteiger partial charge in [-0.1, -0.05) is 6.07 Å². The van der Waals surface area contributed by atoms with Crippen molar-refractivity contribution in [3.8, 4) is 11.5 Å². The van der Waals surface area contributed by atoms with Crippen molar-refractivity contribution in [2.24, 2.45) is 0 Å². The van der Waals surface area contributed by atoms with Crippen molar-refractivity contribution in [2.45, 2.75) is 0 Å². The number of amides is 1. The molecule has 0 saturated heterocycles. The van der Waals surface area contributed by atoms with Crippen LogP contribution >= 0.6 is 0 Å². The molecule has 0 fully saturated rings. The standard InChI is InChI=1S/C15H11F2NO3/c16-10-2-1-3-11(17)14(10)18-15(19)9-4-5-12-13(8-9)21-7-6-20-12/h1-5,8H,6-7H2,(H,18,19). The molecule has 6 heteroatoms. The molecule has 0 saturated carbocycles. The van der Waals surface area contributed by atoms with Crippen LogP contribution in [0.5, 0.6) is 11.5 Å². The highest BCUT2D eigenvalue weighted by Gasteiger charge is 2.17. The van der Waals surface area contributed by atoms with Gasteiger partial charge in [-0.05, 0) is 30.3 Å². The predicted octanol–water partition coefficient (Wildman–Crippen LogP) is 2.99. The number of carbonyl (C=O) groups excluding carboxylic acids is 1. The SMILES string of the molecule is O=C(Nc1c(F)cccc1F)c1ccc2c(c1)OCCO2. The van der Waals surface area contributed by atoms with Crippen LogP contribution in [0.2, 0.25) is 0 Å². The molecule has 0 radical (unpaired) electrons. The van der Waals surface area contributed by atoms with E-state index in [1.54, 1.807) is 6.07 Å². The van der Waals surface area contributed by atoms with Crippen molar-refractivity contribution in [3.05, 3.63) is 53.6 Å². The van der Waals surface area contributed by atoms with Crippen LogP contribution in [0, 0.1) is 11.6 Å². The van der Waals surface area contributed by atoms with Gasteiger partial charge in [0.05, 0.1) is 0 Å². The average Bonchev–Trinajstić information content (AvgIpc) is 2.50. The quantitative estimate of drug-likeness (QED) is 0.925. The fraction of sp³-hybridized carbons (Fsp3) is 0.133. The predicted molar refractivity (Wildman–Crippen MR) is 71.7 cm³/mol. The van der Waals surface area contributed by atoms with Crippen molar-refractivity contribution in [3.63, 3.8) is 0 Å². The Morgan fingerprint density at radius 3 is 2.38 bits per heavy atom. The van der Waals surface area contributed by atoms with Crippen molar-refractivity contribution < 1.29 is 23.0 Å². The first-order valence-corrected chi connectivity index (χ1v) is 6.30. The van der Waals surface area contributed by atoms with Gasteiger partial charge in [0.1, 0.15) is 30.5 Å². The summed E-state index contributed by atoms with van der Waals surface area (Å²) in [7, 11) is 0. The molecule has 108 valence electrons. The smallest absolute Gasteiger partial charge is 0.255 e. The first-order valence-electron chi connectivity index (χ1n) is 6.30. The second kappa shape index (κ2) is 5.40. The Labute approximate surface area is 119 Å². The summed E-state index contributed by atoms with van der Waals surface area (Å²) in [6.45, 7) is 0.832. The topological polar surface area (TPSA) is 47.6 Å². The molecule has 1 amide bonds. The second-order valence-electron chi connectivity index (χ2n) is 4.41. The Morgan fingerprint density at radius 2 is 1.67 bits per heavy atom. The molecule has 21 heavy (non-hydrogen) atoms. The molecule has 1 N–H and O–H groups in total. The maximum atomic E-state index is 13.5. The molecule has 2 aromatic rings. The minimum absolute atomic E-state index is 0.224. The van der Waals surface area contributed by atoms with E-state index in [1.165, 1.54) is 18.2 Å². The van der Waals surface area contributed by atoms with E-state index in [1.807, 2.05) is 0 Å². The zero-order valence-corrected chi connectivity index (χ0v) is 10.9. The van der Waals surface area contributed by atoms with E-state index in [0.29, 0.717) is 24.7 Å². The van der Waals surface area contributed by atoms with Gasteiger partial charge in [0.15, 0.2) is 11.5 Å². The minimum atomic E-state index is -0.833. The van der Waals surface area contributed by atoms with Crippen molar-refractivity contribution in [1.29, 1.82) is 0 Å². The second-order valence-corrected chi connectivity index (χ2v) is 4.41. The van der Waals surface area contributed by atoms with E-state index in [-0.39, 0.29) is 5.56 Å². The molecule has 1 aliphatic heterocycles. The molecular formula is C15H11F2NO3. The van der Waals surface area contributed by atoms with Gasteiger partial charge in [-0.2, -0.15) is 0 Å². The van der Waals surface area contributed by atoms with Crippen LogP contribution in [-0.4, -0.2) is 19.1 Å². The molecule has 0 unspecified atom stereocenters. The molecule has 0 aromatic heterocycles. The highest BCUT2D eigenvalue weighted by atomic mass is 19.1. The normalized spacial score (nSPS) is 12.9. The zero-order chi connectivity index (χ0) is 14.8. The third kappa shape index (κ3) is 2.65. The highest BCUT2D eigenvalue weighted by Crippen LogP contribution is 2.31. The Morgan fingerprint density at radius 1 is 1.00 bits per heavy atom. The van der Waals surface area contributed by atoms with Crippen LogP contribution in [0.15, 0.2) is 36.4 Å².